The Hall–Kier alpha value is -2.25. The third-order valence-electron chi connectivity index (χ3n) is 3.37. The predicted octanol–water partition coefficient (Wildman–Crippen LogP) is 4.15. The van der Waals surface area contributed by atoms with E-state index < -0.39 is 11.9 Å². The molecule has 1 aromatic carbocycles. The summed E-state index contributed by atoms with van der Waals surface area (Å²) in [6, 6.07) is 5.11. The fraction of sp³-hybridized carbons (Fsp3) is 0.278. The molecule has 0 aliphatic carbocycles. The van der Waals surface area contributed by atoms with Gasteiger partial charge in [0.1, 0.15) is 22.1 Å². The fourth-order valence-corrected chi connectivity index (χ4v) is 3.41. The lowest BCUT2D eigenvalue weighted by atomic mass is 10.1. The van der Waals surface area contributed by atoms with Gasteiger partial charge in [0.15, 0.2) is 0 Å². The van der Waals surface area contributed by atoms with Crippen LogP contribution in [0.2, 0.25) is 5.02 Å². The van der Waals surface area contributed by atoms with Crippen molar-refractivity contribution in [1.29, 1.82) is 0 Å². The summed E-state index contributed by atoms with van der Waals surface area (Å²) in [5.74, 6) is -0.870. The largest absolute Gasteiger partial charge is 0.506 e. The van der Waals surface area contributed by atoms with Crippen molar-refractivity contribution in [2.75, 3.05) is 13.7 Å². The van der Waals surface area contributed by atoms with Crippen LogP contribution in [-0.4, -0.2) is 35.7 Å². The van der Waals surface area contributed by atoms with Gasteiger partial charge >= 0.3 is 5.97 Å². The second-order valence-corrected chi connectivity index (χ2v) is 6.55. The Morgan fingerprint density at radius 1 is 1.35 bits per heavy atom. The van der Waals surface area contributed by atoms with E-state index >= 15 is 0 Å². The van der Waals surface area contributed by atoms with Gasteiger partial charge in [-0.25, -0.2) is 9.79 Å². The lowest BCUT2D eigenvalue weighted by molar-refractivity contribution is -0.138. The number of rotatable bonds is 5. The average Bonchev–Trinajstić information content (AvgIpc) is 2.90. The first-order valence-electron chi connectivity index (χ1n) is 7.86. The second kappa shape index (κ2) is 8.91. The van der Waals surface area contributed by atoms with Crippen LogP contribution in [0.1, 0.15) is 25.8 Å². The summed E-state index contributed by atoms with van der Waals surface area (Å²) in [6.07, 6.45) is 1.83. The number of methoxy groups -OCH3 is 1. The zero-order valence-corrected chi connectivity index (χ0v) is 16.1. The number of aliphatic hydroxyl groups excluding tert-OH is 1. The highest BCUT2D eigenvalue weighted by molar-refractivity contribution is 8.18. The monoisotopic (exact) mass is 395 g/mol. The molecule has 1 aliphatic heterocycles. The molecule has 1 amide bonds. The number of thioether (sulfide) groups is 1. The molecule has 0 radical (unpaired) electrons. The highest BCUT2D eigenvalue weighted by atomic mass is 35.5. The van der Waals surface area contributed by atoms with Crippen molar-refractivity contribution in [3.05, 3.63) is 45.0 Å². The number of hydrogen-bond donors (Lipinski definition) is 1. The molecule has 0 bridgehead atoms. The minimum absolute atomic E-state index is 0.107. The van der Waals surface area contributed by atoms with E-state index in [9.17, 15) is 14.7 Å². The molecule has 1 aromatic rings. The first-order valence-corrected chi connectivity index (χ1v) is 9.06. The molecule has 8 heteroatoms. The van der Waals surface area contributed by atoms with E-state index in [0.29, 0.717) is 21.2 Å². The maximum absolute atomic E-state index is 12.2. The van der Waals surface area contributed by atoms with Crippen molar-refractivity contribution in [2.45, 2.75) is 20.3 Å². The molecule has 1 aliphatic rings. The Morgan fingerprint density at radius 3 is 2.65 bits per heavy atom. The maximum Gasteiger partial charge on any atom is 0.344 e. The van der Waals surface area contributed by atoms with E-state index in [1.807, 2.05) is 0 Å². The SMILES string of the molecule is CCOC(=O)C1=C(O)/C(=C/c2ccc(OC)c(Cl)c2)SC1=NC(=O)CC. The summed E-state index contributed by atoms with van der Waals surface area (Å²) in [6.45, 7) is 3.46. The number of nitrogens with zero attached hydrogens (tertiary/aromatic N) is 1. The summed E-state index contributed by atoms with van der Waals surface area (Å²) in [7, 11) is 1.51. The van der Waals surface area contributed by atoms with Crippen LogP contribution in [0, 0.1) is 0 Å². The van der Waals surface area contributed by atoms with Crippen LogP contribution in [-0.2, 0) is 14.3 Å². The smallest absolute Gasteiger partial charge is 0.344 e. The van der Waals surface area contributed by atoms with Crippen LogP contribution in [0.4, 0.5) is 0 Å². The number of aliphatic imine (C=N–C) groups is 1. The first kappa shape index (κ1) is 20.1. The fourth-order valence-electron chi connectivity index (χ4n) is 2.11. The molecule has 2 rings (SSSR count). The van der Waals surface area contributed by atoms with Gasteiger partial charge in [0.05, 0.1) is 23.6 Å². The summed E-state index contributed by atoms with van der Waals surface area (Å²) in [5, 5.41) is 11.0. The van der Waals surface area contributed by atoms with Crippen molar-refractivity contribution in [3.8, 4) is 5.75 Å². The molecule has 138 valence electrons. The van der Waals surface area contributed by atoms with Crippen LogP contribution in [0.15, 0.2) is 39.4 Å². The van der Waals surface area contributed by atoms with Crippen LogP contribution in [0.3, 0.4) is 0 Å². The predicted molar refractivity (Wildman–Crippen MR) is 103 cm³/mol. The van der Waals surface area contributed by atoms with Gasteiger partial charge < -0.3 is 14.6 Å². The number of carbonyl (C=O) groups excluding carboxylic acids is 2. The maximum atomic E-state index is 12.2. The number of benzene rings is 1. The first-order chi connectivity index (χ1) is 12.4. The zero-order chi connectivity index (χ0) is 19.3. The van der Waals surface area contributed by atoms with Crippen molar-refractivity contribution in [3.63, 3.8) is 0 Å². The quantitative estimate of drug-likeness (QED) is 0.754. The second-order valence-electron chi connectivity index (χ2n) is 5.11. The Kier molecular flexibility index (Phi) is 6.88. The highest BCUT2D eigenvalue weighted by Crippen LogP contribution is 2.39. The molecule has 0 saturated carbocycles. The van der Waals surface area contributed by atoms with Crippen LogP contribution >= 0.6 is 23.4 Å². The number of ether oxygens (including phenoxy) is 2. The molecule has 1 N–H and O–H groups in total. The van der Waals surface area contributed by atoms with Gasteiger partial charge in [-0.05, 0) is 30.7 Å². The van der Waals surface area contributed by atoms with Crippen LogP contribution < -0.4 is 4.74 Å². The van der Waals surface area contributed by atoms with Gasteiger partial charge in [-0.15, -0.1) is 0 Å². The van der Waals surface area contributed by atoms with E-state index in [2.05, 4.69) is 4.99 Å². The van der Waals surface area contributed by atoms with E-state index in [1.54, 1.807) is 38.1 Å². The number of halogens is 1. The van der Waals surface area contributed by atoms with E-state index in [0.717, 1.165) is 11.8 Å². The van der Waals surface area contributed by atoms with Gasteiger partial charge in [-0.2, -0.15) is 0 Å². The molecule has 0 fully saturated rings. The highest BCUT2D eigenvalue weighted by Gasteiger charge is 2.33. The van der Waals surface area contributed by atoms with Gasteiger partial charge in [0, 0.05) is 6.42 Å². The molecule has 6 nitrogen and oxygen atoms in total. The van der Waals surface area contributed by atoms with Gasteiger partial charge in [0.25, 0.3) is 0 Å². The Morgan fingerprint density at radius 2 is 2.08 bits per heavy atom. The zero-order valence-electron chi connectivity index (χ0n) is 14.5. The molecular weight excluding hydrogens is 378 g/mol. The summed E-state index contributed by atoms with van der Waals surface area (Å²) >= 11 is 7.14. The number of amides is 1. The van der Waals surface area contributed by atoms with Crippen molar-refractivity contribution < 1.29 is 24.2 Å². The molecular formula is C18H18ClNO5S. The van der Waals surface area contributed by atoms with Crippen molar-refractivity contribution in [1.82, 2.24) is 0 Å². The number of esters is 1. The van der Waals surface area contributed by atoms with Crippen LogP contribution in [0.25, 0.3) is 6.08 Å². The third-order valence-corrected chi connectivity index (χ3v) is 4.69. The summed E-state index contributed by atoms with van der Waals surface area (Å²) in [5.41, 5.74) is 0.584. The topological polar surface area (TPSA) is 85.2 Å². The lowest BCUT2D eigenvalue weighted by Gasteiger charge is -2.04. The van der Waals surface area contributed by atoms with Gasteiger partial charge in [-0.3, -0.25) is 4.79 Å². The van der Waals surface area contributed by atoms with Gasteiger partial charge in [-0.1, -0.05) is 36.4 Å². The van der Waals surface area contributed by atoms with Crippen LogP contribution in [0.5, 0.6) is 5.75 Å². The Bertz CT molecular complexity index is 829. The Balaban J connectivity index is 2.46. The number of aliphatic hydroxyl groups is 1. The van der Waals surface area contributed by atoms with E-state index in [1.165, 1.54) is 7.11 Å². The Labute approximate surface area is 160 Å². The molecule has 1 heterocycles. The average molecular weight is 396 g/mol. The molecule has 0 saturated heterocycles. The summed E-state index contributed by atoms with van der Waals surface area (Å²) in [4.78, 5) is 28.1. The van der Waals surface area contributed by atoms with Crippen molar-refractivity contribution in [2.24, 2.45) is 4.99 Å². The molecule has 0 atom stereocenters. The number of hydrogen-bond acceptors (Lipinski definition) is 6. The lowest BCUT2D eigenvalue weighted by Crippen LogP contribution is -2.14. The minimum atomic E-state index is -0.726. The summed E-state index contributed by atoms with van der Waals surface area (Å²) < 4.78 is 10.1. The third kappa shape index (κ3) is 4.47. The standard InChI is InChI=1S/C18H18ClNO5S/c1-4-14(21)20-17-15(18(23)25-5-2)16(22)13(26-17)9-10-6-7-12(24-3)11(19)8-10/h6-9,22H,4-5H2,1-3H3/b13-9-,20-17?. The molecule has 26 heavy (non-hydrogen) atoms. The molecule has 0 unspecified atom stereocenters. The number of carbonyl (C=O) groups is 2. The van der Waals surface area contributed by atoms with E-state index in [4.69, 9.17) is 21.1 Å². The molecule has 0 aromatic heterocycles. The van der Waals surface area contributed by atoms with Crippen molar-refractivity contribution >= 4 is 46.4 Å². The van der Waals surface area contributed by atoms with Gasteiger partial charge in [0.2, 0.25) is 5.91 Å². The normalized spacial score (nSPS) is 17.1. The minimum Gasteiger partial charge on any atom is -0.506 e. The molecule has 0 spiro atoms. The van der Waals surface area contributed by atoms with E-state index in [-0.39, 0.29) is 29.4 Å².